The normalized spacial score (nSPS) is 11.3. The molecule has 1 aromatic rings. The van der Waals surface area contributed by atoms with Gasteiger partial charge in [-0.2, -0.15) is 0 Å². The van der Waals surface area contributed by atoms with Gasteiger partial charge < -0.3 is 10.0 Å². The molecule has 1 heterocycles. The number of halogens is 1. The van der Waals surface area contributed by atoms with Crippen LogP contribution in [0.1, 0.15) is 24.2 Å². The second kappa shape index (κ2) is 4.80. The van der Waals surface area contributed by atoms with Gasteiger partial charge in [-0.3, -0.25) is 4.79 Å². The van der Waals surface area contributed by atoms with Crippen LogP contribution in [-0.4, -0.2) is 40.1 Å². The minimum Gasteiger partial charge on any atom is -0.389 e. The Morgan fingerprint density at radius 1 is 1.62 bits per heavy atom. The number of hydrogen-bond acceptors (Lipinski definition) is 3. The highest BCUT2D eigenvalue weighted by Gasteiger charge is 2.21. The minimum atomic E-state index is -0.931. The zero-order chi connectivity index (χ0) is 12.3. The number of rotatable bonds is 3. The standard InChI is InChI=1S/C11H15ClN2O2/c1-11(2,16)7-14(3)10(15)8-5-4-6-13-9(8)12/h4-6,16H,7H2,1-3H3. The molecule has 0 spiro atoms. The number of nitrogens with zero attached hydrogens (tertiary/aromatic N) is 2. The van der Waals surface area contributed by atoms with Gasteiger partial charge in [0.15, 0.2) is 0 Å². The van der Waals surface area contributed by atoms with Gasteiger partial charge in [0.05, 0.1) is 11.2 Å². The SMILES string of the molecule is CN(CC(C)(C)O)C(=O)c1cccnc1Cl. The first-order valence-electron chi connectivity index (χ1n) is 4.89. The molecule has 88 valence electrons. The van der Waals surface area contributed by atoms with E-state index in [0.29, 0.717) is 5.56 Å². The highest BCUT2D eigenvalue weighted by molar-refractivity contribution is 6.32. The van der Waals surface area contributed by atoms with Crippen molar-refractivity contribution in [1.82, 2.24) is 9.88 Å². The van der Waals surface area contributed by atoms with Crippen molar-refractivity contribution in [3.8, 4) is 0 Å². The second-order valence-corrected chi connectivity index (χ2v) is 4.67. The van der Waals surface area contributed by atoms with Crippen molar-refractivity contribution in [2.75, 3.05) is 13.6 Å². The largest absolute Gasteiger partial charge is 0.389 e. The predicted molar refractivity (Wildman–Crippen MR) is 62.5 cm³/mol. The molecule has 1 N–H and O–H groups in total. The third-order valence-electron chi connectivity index (χ3n) is 1.96. The fraction of sp³-hybridized carbons (Fsp3) is 0.455. The number of aromatic nitrogens is 1. The van der Waals surface area contributed by atoms with Crippen LogP contribution in [0.2, 0.25) is 5.15 Å². The summed E-state index contributed by atoms with van der Waals surface area (Å²) in [5.41, 5.74) is -0.588. The number of carbonyl (C=O) groups is 1. The van der Waals surface area contributed by atoms with E-state index < -0.39 is 5.60 Å². The van der Waals surface area contributed by atoms with Crippen LogP contribution in [-0.2, 0) is 0 Å². The lowest BCUT2D eigenvalue weighted by Gasteiger charge is -2.25. The lowest BCUT2D eigenvalue weighted by molar-refractivity contribution is 0.0367. The Hall–Kier alpha value is -1.13. The molecule has 0 saturated heterocycles. The van der Waals surface area contributed by atoms with Gasteiger partial charge in [-0.05, 0) is 26.0 Å². The van der Waals surface area contributed by atoms with E-state index in [1.54, 1.807) is 33.0 Å². The molecule has 0 unspecified atom stereocenters. The monoisotopic (exact) mass is 242 g/mol. The highest BCUT2D eigenvalue weighted by Crippen LogP contribution is 2.15. The van der Waals surface area contributed by atoms with E-state index in [0.717, 1.165) is 0 Å². The molecule has 1 amide bonds. The Morgan fingerprint density at radius 2 is 2.25 bits per heavy atom. The first kappa shape index (κ1) is 12.9. The number of amides is 1. The molecule has 0 saturated carbocycles. The summed E-state index contributed by atoms with van der Waals surface area (Å²) in [4.78, 5) is 17.2. The lowest BCUT2D eigenvalue weighted by Crippen LogP contribution is -2.39. The maximum Gasteiger partial charge on any atom is 0.256 e. The lowest BCUT2D eigenvalue weighted by atomic mass is 10.1. The van der Waals surface area contributed by atoms with Crippen molar-refractivity contribution in [2.24, 2.45) is 0 Å². The first-order chi connectivity index (χ1) is 7.31. The van der Waals surface area contributed by atoms with Crippen molar-refractivity contribution in [3.63, 3.8) is 0 Å². The van der Waals surface area contributed by atoms with Gasteiger partial charge in [0.25, 0.3) is 5.91 Å². The predicted octanol–water partition coefficient (Wildman–Crippen LogP) is 1.58. The summed E-state index contributed by atoms with van der Waals surface area (Å²) in [6.07, 6.45) is 1.52. The van der Waals surface area contributed by atoms with Crippen LogP contribution in [0.3, 0.4) is 0 Å². The second-order valence-electron chi connectivity index (χ2n) is 4.32. The molecule has 0 aliphatic rings. The Labute approximate surface area is 99.9 Å². The third kappa shape index (κ3) is 3.47. The van der Waals surface area contributed by atoms with Crippen LogP contribution < -0.4 is 0 Å². The Morgan fingerprint density at radius 3 is 2.75 bits per heavy atom. The Balaban J connectivity index is 2.83. The summed E-state index contributed by atoms with van der Waals surface area (Å²) in [5.74, 6) is -0.250. The highest BCUT2D eigenvalue weighted by atomic mass is 35.5. The molecule has 0 aromatic carbocycles. The molecule has 16 heavy (non-hydrogen) atoms. The summed E-state index contributed by atoms with van der Waals surface area (Å²) >= 11 is 5.81. The molecule has 0 aliphatic carbocycles. The van der Waals surface area contributed by atoms with Gasteiger partial charge in [-0.1, -0.05) is 11.6 Å². The van der Waals surface area contributed by atoms with Crippen LogP contribution >= 0.6 is 11.6 Å². The van der Waals surface area contributed by atoms with E-state index in [2.05, 4.69) is 4.98 Å². The van der Waals surface area contributed by atoms with Crippen molar-refractivity contribution in [1.29, 1.82) is 0 Å². The van der Waals surface area contributed by atoms with Gasteiger partial charge in [0.1, 0.15) is 5.15 Å². The summed E-state index contributed by atoms with van der Waals surface area (Å²) in [7, 11) is 1.61. The van der Waals surface area contributed by atoms with E-state index >= 15 is 0 Å². The van der Waals surface area contributed by atoms with Crippen LogP contribution in [0.15, 0.2) is 18.3 Å². The summed E-state index contributed by atoms with van der Waals surface area (Å²) < 4.78 is 0. The van der Waals surface area contributed by atoms with Crippen LogP contribution in [0.4, 0.5) is 0 Å². The van der Waals surface area contributed by atoms with Gasteiger partial charge in [0.2, 0.25) is 0 Å². The maximum atomic E-state index is 11.9. The zero-order valence-electron chi connectivity index (χ0n) is 9.57. The average molecular weight is 243 g/mol. The quantitative estimate of drug-likeness (QED) is 0.819. The number of carbonyl (C=O) groups excluding carboxylic acids is 1. The van der Waals surface area contributed by atoms with Crippen molar-refractivity contribution >= 4 is 17.5 Å². The van der Waals surface area contributed by atoms with E-state index in [1.807, 2.05) is 0 Å². The topological polar surface area (TPSA) is 53.4 Å². The molecule has 0 aliphatic heterocycles. The first-order valence-corrected chi connectivity index (χ1v) is 5.27. The molecule has 0 fully saturated rings. The maximum absolute atomic E-state index is 11.9. The number of hydrogen-bond donors (Lipinski definition) is 1. The molecule has 0 radical (unpaired) electrons. The number of likely N-dealkylation sites (N-methyl/N-ethyl adjacent to an activating group) is 1. The van der Waals surface area contributed by atoms with Gasteiger partial charge >= 0.3 is 0 Å². The molecule has 1 rings (SSSR count). The molecule has 0 bridgehead atoms. The van der Waals surface area contributed by atoms with Crippen LogP contribution in [0.25, 0.3) is 0 Å². The van der Waals surface area contributed by atoms with E-state index in [9.17, 15) is 9.90 Å². The summed E-state index contributed by atoms with van der Waals surface area (Å²) in [6.45, 7) is 3.51. The third-order valence-corrected chi connectivity index (χ3v) is 2.26. The minimum absolute atomic E-state index is 0.176. The summed E-state index contributed by atoms with van der Waals surface area (Å²) in [6, 6.07) is 3.26. The smallest absolute Gasteiger partial charge is 0.256 e. The fourth-order valence-corrected chi connectivity index (χ4v) is 1.60. The molecule has 5 heteroatoms. The van der Waals surface area contributed by atoms with Crippen LogP contribution in [0, 0.1) is 0 Å². The zero-order valence-corrected chi connectivity index (χ0v) is 10.3. The summed E-state index contributed by atoms with van der Waals surface area (Å²) in [5, 5.41) is 9.79. The average Bonchev–Trinajstić information content (AvgIpc) is 2.15. The Bertz CT molecular complexity index is 388. The van der Waals surface area contributed by atoms with Crippen molar-refractivity contribution in [2.45, 2.75) is 19.4 Å². The van der Waals surface area contributed by atoms with Gasteiger partial charge in [-0.25, -0.2) is 4.98 Å². The molecule has 1 aromatic heterocycles. The molecular weight excluding hydrogens is 228 g/mol. The van der Waals surface area contributed by atoms with E-state index in [4.69, 9.17) is 11.6 Å². The van der Waals surface area contributed by atoms with E-state index in [-0.39, 0.29) is 17.6 Å². The molecule has 0 atom stereocenters. The van der Waals surface area contributed by atoms with E-state index in [1.165, 1.54) is 11.1 Å². The molecule has 4 nitrogen and oxygen atoms in total. The number of aliphatic hydroxyl groups is 1. The van der Waals surface area contributed by atoms with Gasteiger partial charge in [0, 0.05) is 19.8 Å². The van der Waals surface area contributed by atoms with Crippen LogP contribution in [0.5, 0.6) is 0 Å². The van der Waals surface area contributed by atoms with Gasteiger partial charge in [-0.15, -0.1) is 0 Å². The number of pyridine rings is 1. The molecular formula is C11H15ClN2O2. The Kier molecular flexibility index (Phi) is 3.88. The van der Waals surface area contributed by atoms with Crippen molar-refractivity contribution < 1.29 is 9.90 Å². The van der Waals surface area contributed by atoms with Crippen molar-refractivity contribution in [3.05, 3.63) is 29.0 Å². The fourth-order valence-electron chi connectivity index (χ4n) is 1.40.